The van der Waals surface area contributed by atoms with Gasteiger partial charge in [0.25, 0.3) is 0 Å². The summed E-state index contributed by atoms with van der Waals surface area (Å²) in [5.41, 5.74) is 0.464. The molecule has 0 bridgehead atoms. The normalized spacial score (nSPS) is 16.8. The Bertz CT molecular complexity index is 414. The molecule has 0 aromatic heterocycles. The van der Waals surface area contributed by atoms with Crippen LogP contribution in [0.25, 0.3) is 0 Å². The molecule has 2 rings (SSSR count). The Kier molecular flexibility index (Phi) is 4.17. The fraction of sp³-hybridized carbons (Fsp3) is 0.462. The first-order valence-corrected chi connectivity index (χ1v) is 5.89. The number of carbonyl (C=O) groups excluding carboxylic acids is 1. The van der Waals surface area contributed by atoms with E-state index in [1.807, 2.05) is 0 Å². The Morgan fingerprint density at radius 3 is 2.94 bits per heavy atom. The van der Waals surface area contributed by atoms with Crippen LogP contribution in [0.3, 0.4) is 0 Å². The first-order valence-electron chi connectivity index (χ1n) is 5.89. The van der Waals surface area contributed by atoms with E-state index >= 15 is 0 Å². The van der Waals surface area contributed by atoms with Crippen LogP contribution in [0.5, 0.6) is 5.75 Å². The van der Waals surface area contributed by atoms with E-state index in [-0.39, 0.29) is 12.7 Å². The number of aliphatic hydroxyl groups is 1. The summed E-state index contributed by atoms with van der Waals surface area (Å²) in [6, 6.07) is 6.80. The molecular formula is C13H16O5. The maximum atomic E-state index is 11.4. The third-order valence-corrected chi connectivity index (χ3v) is 2.59. The quantitative estimate of drug-likeness (QED) is 0.794. The van der Waals surface area contributed by atoms with Gasteiger partial charge in [0.05, 0.1) is 19.8 Å². The van der Waals surface area contributed by atoms with Gasteiger partial charge in [-0.2, -0.15) is 0 Å². The van der Waals surface area contributed by atoms with Crippen molar-refractivity contribution in [1.29, 1.82) is 0 Å². The van der Waals surface area contributed by atoms with Crippen LogP contribution < -0.4 is 4.74 Å². The van der Waals surface area contributed by atoms with Gasteiger partial charge in [-0.3, -0.25) is 0 Å². The molecule has 1 aromatic rings. The fourth-order valence-corrected chi connectivity index (χ4v) is 1.59. The second-order valence-electron chi connectivity index (χ2n) is 4.00. The van der Waals surface area contributed by atoms with E-state index < -0.39 is 12.1 Å². The van der Waals surface area contributed by atoms with Gasteiger partial charge in [0.1, 0.15) is 11.9 Å². The monoisotopic (exact) mass is 252 g/mol. The molecule has 5 heteroatoms. The Hall–Kier alpha value is -1.59. The molecule has 0 saturated carbocycles. The SMILES string of the molecule is CCOC(=O)C(O)c1cccc(OC2COC2)c1. The first-order chi connectivity index (χ1) is 8.70. The number of aliphatic hydroxyl groups excluding tert-OH is 1. The molecule has 1 fully saturated rings. The predicted molar refractivity (Wildman–Crippen MR) is 63.3 cm³/mol. The number of esters is 1. The number of carbonyl (C=O) groups is 1. The average molecular weight is 252 g/mol. The van der Waals surface area contributed by atoms with Crippen LogP contribution in [0, 0.1) is 0 Å². The molecule has 0 spiro atoms. The van der Waals surface area contributed by atoms with Gasteiger partial charge in [0.15, 0.2) is 6.10 Å². The third-order valence-electron chi connectivity index (χ3n) is 2.59. The highest BCUT2D eigenvalue weighted by molar-refractivity contribution is 5.76. The van der Waals surface area contributed by atoms with Crippen molar-refractivity contribution in [1.82, 2.24) is 0 Å². The van der Waals surface area contributed by atoms with Crippen molar-refractivity contribution in [2.75, 3.05) is 19.8 Å². The Labute approximate surface area is 105 Å². The van der Waals surface area contributed by atoms with E-state index in [9.17, 15) is 9.90 Å². The van der Waals surface area contributed by atoms with E-state index in [0.717, 1.165) is 0 Å². The molecule has 1 saturated heterocycles. The van der Waals surface area contributed by atoms with E-state index in [1.165, 1.54) is 0 Å². The van der Waals surface area contributed by atoms with Gasteiger partial charge in [0.2, 0.25) is 0 Å². The summed E-state index contributed by atoms with van der Waals surface area (Å²) < 4.78 is 15.4. The van der Waals surface area contributed by atoms with Crippen molar-refractivity contribution in [2.24, 2.45) is 0 Å². The average Bonchev–Trinajstić information content (AvgIpc) is 2.34. The zero-order valence-electron chi connectivity index (χ0n) is 10.2. The van der Waals surface area contributed by atoms with E-state index in [4.69, 9.17) is 14.2 Å². The summed E-state index contributed by atoms with van der Waals surface area (Å²) in [6.07, 6.45) is -1.22. The lowest BCUT2D eigenvalue weighted by molar-refractivity contribution is -0.153. The van der Waals surface area contributed by atoms with Crippen LogP contribution in [-0.4, -0.2) is 37.0 Å². The molecular weight excluding hydrogens is 236 g/mol. The van der Waals surface area contributed by atoms with Crippen molar-refractivity contribution >= 4 is 5.97 Å². The number of hydrogen-bond donors (Lipinski definition) is 1. The van der Waals surface area contributed by atoms with Crippen molar-refractivity contribution < 1.29 is 24.1 Å². The molecule has 1 aromatic carbocycles. The van der Waals surface area contributed by atoms with Crippen LogP contribution in [0.1, 0.15) is 18.6 Å². The van der Waals surface area contributed by atoms with Gasteiger partial charge < -0.3 is 19.3 Å². The van der Waals surface area contributed by atoms with Gasteiger partial charge >= 0.3 is 5.97 Å². The standard InChI is InChI=1S/C13H16O5/c1-2-17-13(15)12(14)9-4-3-5-10(6-9)18-11-7-16-8-11/h3-6,11-12,14H,2,7-8H2,1H3. The molecule has 1 unspecified atom stereocenters. The minimum atomic E-state index is -1.27. The van der Waals surface area contributed by atoms with Gasteiger partial charge in [-0.25, -0.2) is 4.79 Å². The molecule has 0 amide bonds. The van der Waals surface area contributed by atoms with Gasteiger partial charge in [-0.1, -0.05) is 12.1 Å². The first kappa shape index (κ1) is 12.9. The molecule has 0 radical (unpaired) electrons. The van der Waals surface area contributed by atoms with Gasteiger partial charge in [-0.05, 0) is 24.6 Å². The Balaban J connectivity index is 2.03. The molecule has 18 heavy (non-hydrogen) atoms. The van der Waals surface area contributed by atoms with Crippen molar-refractivity contribution in [3.05, 3.63) is 29.8 Å². The summed E-state index contributed by atoms with van der Waals surface area (Å²) in [4.78, 5) is 11.4. The molecule has 1 atom stereocenters. The molecule has 1 N–H and O–H groups in total. The smallest absolute Gasteiger partial charge is 0.339 e. The maximum absolute atomic E-state index is 11.4. The Morgan fingerprint density at radius 2 is 2.33 bits per heavy atom. The largest absolute Gasteiger partial charge is 0.486 e. The van der Waals surface area contributed by atoms with Crippen molar-refractivity contribution in [3.63, 3.8) is 0 Å². The van der Waals surface area contributed by atoms with Crippen LogP contribution in [0.15, 0.2) is 24.3 Å². The lowest BCUT2D eigenvalue weighted by atomic mass is 10.1. The highest BCUT2D eigenvalue weighted by Gasteiger charge is 2.22. The minimum absolute atomic E-state index is 0.0555. The second-order valence-corrected chi connectivity index (χ2v) is 4.00. The van der Waals surface area contributed by atoms with Crippen LogP contribution >= 0.6 is 0 Å². The van der Waals surface area contributed by atoms with Gasteiger partial charge in [-0.15, -0.1) is 0 Å². The number of rotatable bonds is 5. The van der Waals surface area contributed by atoms with Crippen LogP contribution in [0.2, 0.25) is 0 Å². The molecule has 1 heterocycles. The number of hydrogen-bond acceptors (Lipinski definition) is 5. The summed E-state index contributed by atoms with van der Waals surface area (Å²) in [7, 11) is 0. The zero-order chi connectivity index (χ0) is 13.0. The molecule has 0 aliphatic carbocycles. The van der Waals surface area contributed by atoms with E-state index in [0.29, 0.717) is 24.5 Å². The summed E-state index contributed by atoms with van der Waals surface area (Å²) >= 11 is 0. The van der Waals surface area contributed by atoms with Crippen molar-refractivity contribution in [2.45, 2.75) is 19.1 Å². The highest BCUT2D eigenvalue weighted by Crippen LogP contribution is 2.22. The third kappa shape index (κ3) is 3.00. The lowest BCUT2D eigenvalue weighted by Crippen LogP contribution is -2.38. The van der Waals surface area contributed by atoms with E-state index in [2.05, 4.69) is 0 Å². The molecule has 1 aliphatic rings. The van der Waals surface area contributed by atoms with Crippen molar-refractivity contribution in [3.8, 4) is 5.75 Å². The second kappa shape index (κ2) is 5.84. The molecule has 5 nitrogen and oxygen atoms in total. The summed E-state index contributed by atoms with van der Waals surface area (Å²) in [6.45, 7) is 3.08. The van der Waals surface area contributed by atoms with Crippen LogP contribution in [0.4, 0.5) is 0 Å². The number of ether oxygens (including phenoxy) is 3. The Morgan fingerprint density at radius 1 is 1.56 bits per heavy atom. The fourth-order valence-electron chi connectivity index (χ4n) is 1.59. The van der Waals surface area contributed by atoms with Gasteiger partial charge in [0, 0.05) is 0 Å². The lowest BCUT2D eigenvalue weighted by Gasteiger charge is -2.27. The minimum Gasteiger partial charge on any atom is -0.486 e. The van der Waals surface area contributed by atoms with Crippen LogP contribution in [-0.2, 0) is 14.3 Å². The number of benzene rings is 1. The molecule has 1 aliphatic heterocycles. The van der Waals surface area contributed by atoms with E-state index in [1.54, 1.807) is 31.2 Å². The topological polar surface area (TPSA) is 65.0 Å². The maximum Gasteiger partial charge on any atom is 0.339 e. The summed E-state index contributed by atoms with van der Waals surface area (Å²) in [5, 5.41) is 9.80. The highest BCUT2D eigenvalue weighted by atomic mass is 16.6. The molecule has 98 valence electrons. The zero-order valence-corrected chi connectivity index (χ0v) is 10.2. The summed E-state index contributed by atoms with van der Waals surface area (Å²) in [5.74, 6) is -0.0363. The predicted octanol–water partition coefficient (Wildman–Crippen LogP) is 1.06.